The molecule has 25 heteroatoms. The number of nitrogens with zero attached hydrogens (tertiary/aromatic N) is 5. The summed E-state index contributed by atoms with van der Waals surface area (Å²) >= 11 is 0. The van der Waals surface area contributed by atoms with Crippen LogP contribution in [0.4, 0.5) is 26.0 Å². The first-order valence-electron chi connectivity index (χ1n) is 17.6. The van der Waals surface area contributed by atoms with Gasteiger partial charge in [0.1, 0.15) is 17.5 Å². The molecule has 0 aliphatic carbocycles. The lowest BCUT2D eigenvalue weighted by molar-refractivity contribution is -0.385. The minimum atomic E-state index is -5.09. The van der Waals surface area contributed by atoms with Gasteiger partial charge in [-0.2, -0.15) is 18.9 Å². The number of anilines is 2. The number of hydrazone groups is 1. The number of unbranched alkanes of at least 4 members (excludes halogenated alkanes) is 2. The molecule has 1 fully saturated rings. The quantitative estimate of drug-likeness (QED) is 0.0282. The summed E-state index contributed by atoms with van der Waals surface area (Å²) < 4.78 is 49.8. The van der Waals surface area contributed by atoms with Gasteiger partial charge >= 0.3 is 19.4 Å². The number of halogens is 2. The number of phosphoric acid groups is 1. The van der Waals surface area contributed by atoms with Crippen LogP contribution in [-0.4, -0.2) is 101 Å². The number of nitrogens with one attached hydrogen (secondary N) is 3. The molecule has 0 radical (unpaired) electrons. The lowest BCUT2D eigenvalue weighted by Gasteiger charge is -2.21. The fraction of sp³-hybridized carbons (Fsp3) is 0.314. The monoisotopic (exact) mass is 860 g/mol. The molecule has 2 aromatic carbocycles. The van der Waals surface area contributed by atoms with E-state index in [0.29, 0.717) is 29.4 Å². The van der Waals surface area contributed by atoms with Crippen LogP contribution >= 0.6 is 7.82 Å². The van der Waals surface area contributed by atoms with Gasteiger partial charge in [-0.3, -0.25) is 48.1 Å². The number of hydrogen-bond acceptors (Lipinski definition) is 14. The number of benzene rings is 2. The molecular formula is C35H35F2N8O14P. The van der Waals surface area contributed by atoms with Gasteiger partial charge in [-0.1, -0.05) is 18.6 Å². The van der Waals surface area contributed by atoms with Crippen molar-refractivity contribution in [1.82, 2.24) is 19.9 Å². The molecule has 1 unspecified atom stereocenters. The Kier molecular flexibility index (Phi) is 13.9. The molecule has 1 aromatic heterocycles. The molecule has 0 spiro atoms. The van der Waals surface area contributed by atoms with Crippen molar-refractivity contribution < 1.29 is 66.4 Å². The van der Waals surface area contributed by atoms with Gasteiger partial charge in [-0.05, 0) is 55.7 Å². The highest BCUT2D eigenvalue weighted by molar-refractivity contribution is 7.46. The molecule has 318 valence electrons. The Labute approximate surface area is 336 Å². The van der Waals surface area contributed by atoms with Gasteiger partial charge in [0.2, 0.25) is 12.1 Å². The second kappa shape index (κ2) is 18.7. The molecule has 2 aliphatic rings. The molecule has 0 saturated carbocycles. The van der Waals surface area contributed by atoms with Crippen molar-refractivity contribution in [3.05, 3.63) is 104 Å². The highest BCUT2D eigenvalue weighted by Crippen LogP contribution is 2.44. The first kappa shape index (κ1) is 44.7. The van der Waals surface area contributed by atoms with Crippen molar-refractivity contribution in [3.63, 3.8) is 0 Å². The molecule has 1 saturated heterocycles. The molecule has 5 rings (SSSR count). The molecule has 0 bridgehead atoms. The van der Waals surface area contributed by atoms with E-state index in [4.69, 9.17) is 14.5 Å². The van der Waals surface area contributed by atoms with Gasteiger partial charge in [-0.15, -0.1) is 0 Å². The third-order valence-electron chi connectivity index (χ3n) is 8.91. The second-order valence-corrected chi connectivity index (χ2v) is 14.4. The summed E-state index contributed by atoms with van der Waals surface area (Å²) in [5, 5.41) is 30.6. The van der Waals surface area contributed by atoms with Crippen LogP contribution < -0.4 is 21.7 Å². The smallest absolute Gasteiger partial charge is 0.384 e. The minimum absolute atomic E-state index is 0.0386. The molecule has 2 aliphatic heterocycles. The van der Waals surface area contributed by atoms with E-state index in [2.05, 4.69) is 30.7 Å². The van der Waals surface area contributed by atoms with Gasteiger partial charge in [0.05, 0.1) is 17.2 Å². The lowest BCUT2D eigenvalue weighted by atomic mass is 10.1. The van der Waals surface area contributed by atoms with Crippen LogP contribution in [0, 0.1) is 10.1 Å². The third-order valence-corrected chi connectivity index (χ3v) is 9.40. The van der Waals surface area contributed by atoms with E-state index in [1.807, 2.05) is 0 Å². The van der Waals surface area contributed by atoms with Gasteiger partial charge in [0.25, 0.3) is 29.3 Å². The summed E-state index contributed by atoms with van der Waals surface area (Å²) in [6.45, 7) is 0.599. The number of aliphatic hydroxyl groups is 1. The summed E-state index contributed by atoms with van der Waals surface area (Å²) in [5.74, 6) is -7.41. The van der Waals surface area contributed by atoms with Crippen molar-refractivity contribution >= 4 is 60.3 Å². The third kappa shape index (κ3) is 11.0. The number of nitro benzene ring substituents is 1. The van der Waals surface area contributed by atoms with E-state index in [0.717, 1.165) is 29.3 Å². The highest BCUT2D eigenvalue weighted by atomic mass is 31.2. The van der Waals surface area contributed by atoms with Crippen LogP contribution in [0.25, 0.3) is 0 Å². The van der Waals surface area contributed by atoms with Gasteiger partial charge < -0.3 is 30.3 Å². The van der Waals surface area contributed by atoms with Crippen molar-refractivity contribution in [3.8, 4) is 0 Å². The minimum Gasteiger partial charge on any atom is -0.384 e. The molecular weight excluding hydrogens is 825 g/mol. The Bertz CT molecular complexity index is 2350. The first-order chi connectivity index (χ1) is 28.2. The number of carbonyl (C=O) groups is 5. The summed E-state index contributed by atoms with van der Waals surface area (Å²) in [6.07, 6.45) is -2.26. The average molecular weight is 861 g/mol. The Morgan fingerprint density at radius 1 is 1.00 bits per heavy atom. The number of carbonyl (C=O) groups excluding carboxylic acids is 5. The Balaban J connectivity index is 1.13. The maximum atomic E-state index is 14.7. The van der Waals surface area contributed by atoms with Crippen molar-refractivity contribution in [1.29, 1.82) is 0 Å². The van der Waals surface area contributed by atoms with E-state index in [1.165, 1.54) is 49.4 Å². The number of imide groups is 1. The Morgan fingerprint density at radius 2 is 1.67 bits per heavy atom. The fourth-order valence-electron chi connectivity index (χ4n) is 5.81. The predicted molar refractivity (Wildman–Crippen MR) is 201 cm³/mol. The van der Waals surface area contributed by atoms with Crippen LogP contribution in [0.2, 0.25) is 0 Å². The zero-order valence-electron chi connectivity index (χ0n) is 31.1. The van der Waals surface area contributed by atoms with E-state index in [-0.39, 0.29) is 41.3 Å². The first-order valence-corrected chi connectivity index (χ1v) is 19.2. The molecule has 22 nitrogen and oxygen atoms in total. The van der Waals surface area contributed by atoms with Gasteiger partial charge in [0, 0.05) is 48.6 Å². The van der Waals surface area contributed by atoms with Crippen LogP contribution in [0.3, 0.4) is 0 Å². The number of nitro groups is 1. The molecule has 3 aromatic rings. The normalized spacial score (nSPS) is 18.7. The average Bonchev–Trinajstić information content (AvgIpc) is 3.63. The molecule has 3 atom stereocenters. The number of aromatic nitrogens is 2. The van der Waals surface area contributed by atoms with Crippen molar-refractivity contribution in [2.45, 2.75) is 57.0 Å². The van der Waals surface area contributed by atoms with Crippen LogP contribution in [0.5, 0.6) is 0 Å². The number of amides is 5. The summed E-state index contributed by atoms with van der Waals surface area (Å²) in [6, 6.07) is 10.0. The van der Waals surface area contributed by atoms with E-state index >= 15 is 0 Å². The summed E-state index contributed by atoms with van der Waals surface area (Å²) in [7, 11) is -5.09. The van der Waals surface area contributed by atoms with Gasteiger partial charge in [0.15, 0.2) is 6.10 Å². The van der Waals surface area contributed by atoms with E-state index in [9.17, 15) is 57.3 Å². The van der Waals surface area contributed by atoms with Crippen LogP contribution in [0.15, 0.2) is 76.8 Å². The number of alkyl halides is 2. The van der Waals surface area contributed by atoms with Crippen LogP contribution in [0.1, 0.15) is 65.1 Å². The fourth-order valence-corrected chi connectivity index (χ4v) is 6.15. The second-order valence-electron chi connectivity index (χ2n) is 13.1. The molecule has 3 heterocycles. The van der Waals surface area contributed by atoms with E-state index < -0.39 is 84.6 Å². The Hall–Kier alpha value is -6.43. The number of hydrogen-bond donors (Lipinski definition) is 6. The zero-order valence-corrected chi connectivity index (χ0v) is 32.0. The standard InChI is InChI=1S/C35H35F2N8O14P/c1-19(41-42-32(51)23-11-10-22(17-24(23)45(53)54)38-27(46)5-3-2-4-15-43-28(47)12-13-29(43)48)20-6-8-21(9-7-20)31(50)39-26-14-16-44(34(52)40-26)33-35(36,37)30(49)25(59-33)18-58-60(55,56)57/h6-14,16-17,25,30,33,49H,2-5,15,18H2,1H3,(H,38,46)(H,42,51)(H2,55,56,57)(H,39,40,50,52)/b41-19+/t25-,30?,33-/m1/s1. The zero-order chi connectivity index (χ0) is 43.9. The van der Waals surface area contributed by atoms with Crippen molar-refractivity contribution in [2.24, 2.45) is 5.10 Å². The number of aliphatic hydroxyl groups excluding tert-OH is 1. The highest BCUT2D eigenvalue weighted by Gasteiger charge is 2.60. The maximum absolute atomic E-state index is 14.7. The number of rotatable bonds is 17. The van der Waals surface area contributed by atoms with Crippen molar-refractivity contribution in [2.75, 3.05) is 23.8 Å². The summed E-state index contributed by atoms with van der Waals surface area (Å²) in [4.78, 5) is 107. The maximum Gasteiger partial charge on any atom is 0.469 e. The molecule has 60 heavy (non-hydrogen) atoms. The van der Waals surface area contributed by atoms with Crippen LogP contribution in [-0.2, 0) is 28.2 Å². The van der Waals surface area contributed by atoms with Gasteiger partial charge in [-0.25, -0.2) is 14.8 Å². The lowest BCUT2D eigenvalue weighted by Crippen LogP contribution is -2.42. The molecule has 5 amide bonds. The summed E-state index contributed by atoms with van der Waals surface area (Å²) in [5.41, 5.74) is 0.647. The largest absolute Gasteiger partial charge is 0.469 e. The Morgan fingerprint density at radius 3 is 2.30 bits per heavy atom. The number of ether oxygens (including phenoxy) is 1. The predicted octanol–water partition coefficient (Wildman–Crippen LogP) is 1.98. The van der Waals surface area contributed by atoms with E-state index in [1.54, 1.807) is 0 Å². The number of phosphoric ester groups is 1. The topological polar surface area (TPSA) is 311 Å². The SMILES string of the molecule is C/C(=N\NC(=O)c1ccc(NC(=O)CCCCCN2C(=O)C=CC2=O)cc1[N+](=O)[O-])c1ccc(C(=O)Nc2ccn([C@@H]3O[C@H](COP(=O)(O)O)C(O)C3(F)F)c(=O)n2)cc1. The molecule has 6 N–H and O–H groups in total.